The van der Waals surface area contributed by atoms with Gasteiger partial charge in [0.15, 0.2) is 11.5 Å². The van der Waals surface area contributed by atoms with Gasteiger partial charge >= 0.3 is 6.09 Å². The molecule has 1 aromatic carbocycles. The Hall–Kier alpha value is -3.25. The van der Waals surface area contributed by atoms with Crippen molar-refractivity contribution in [3.05, 3.63) is 36.3 Å². The number of benzene rings is 1. The first-order chi connectivity index (χ1) is 14.7. The largest absolute Gasteiger partial charge is 0.465 e. The fourth-order valence-corrected chi connectivity index (χ4v) is 5.21. The molecule has 12 heteroatoms. The van der Waals surface area contributed by atoms with Crippen LogP contribution in [0.2, 0.25) is 0 Å². The van der Waals surface area contributed by atoms with Crippen LogP contribution in [0.5, 0.6) is 0 Å². The quantitative estimate of drug-likeness (QED) is 0.459. The van der Waals surface area contributed by atoms with Gasteiger partial charge in [-0.05, 0) is 50.3 Å². The number of hydrogen-bond acceptors (Lipinski definition) is 7. The minimum atomic E-state index is -3.77. The van der Waals surface area contributed by atoms with Crippen LogP contribution in [-0.2, 0) is 10.0 Å². The SMILES string of the molecule is Cc1ccc(S(=O)(=O)N[C@H]2CC[C@H](NC(=O)O)CC2)cc1-c1cnc2c(N)ncnn12. The van der Waals surface area contributed by atoms with E-state index in [0.29, 0.717) is 42.6 Å². The van der Waals surface area contributed by atoms with Gasteiger partial charge in [0.1, 0.15) is 6.33 Å². The van der Waals surface area contributed by atoms with Crippen LogP contribution in [0.15, 0.2) is 35.6 Å². The van der Waals surface area contributed by atoms with Crippen molar-refractivity contribution in [1.29, 1.82) is 0 Å². The molecule has 1 aliphatic carbocycles. The Bertz CT molecular complexity index is 1230. The molecule has 4 rings (SSSR count). The summed E-state index contributed by atoms with van der Waals surface area (Å²) in [5, 5.41) is 15.5. The minimum absolute atomic E-state index is 0.135. The standard InChI is InChI=1S/C19H23N7O4S/c1-11-2-7-14(8-15(11)16-9-21-18-17(20)22-10-23-26(16)18)31(29,30)25-13-5-3-12(4-6-13)24-19(27)28/h2,7-10,12-13,24-25H,3-6H2,1H3,(H,27,28)(H2,20,22,23)/t12-,13-. The van der Waals surface area contributed by atoms with Crippen molar-refractivity contribution in [2.45, 2.75) is 49.6 Å². The summed E-state index contributed by atoms with van der Waals surface area (Å²) in [4.78, 5) is 19.1. The Morgan fingerprint density at radius 3 is 2.61 bits per heavy atom. The summed E-state index contributed by atoms with van der Waals surface area (Å²) >= 11 is 0. The molecular formula is C19H23N7O4S. The number of amides is 1. The maximum absolute atomic E-state index is 13.0. The molecular weight excluding hydrogens is 422 g/mol. The highest BCUT2D eigenvalue weighted by Gasteiger charge is 2.27. The highest BCUT2D eigenvalue weighted by atomic mass is 32.2. The first kappa shape index (κ1) is 21.0. The molecule has 164 valence electrons. The number of nitrogens with one attached hydrogen (secondary N) is 2. The van der Waals surface area contributed by atoms with E-state index in [-0.39, 0.29) is 22.8 Å². The van der Waals surface area contributed by atoms with Gasteiger partial charge in [0.05, 0.1) is 16.8 Å². The Labute approximate surface area is 178 Å². The van der Waals surface area contributed by atoms with E-state index in [1.807, 2.05) is 6.92 Å². The number of aromatic nitrogens is 4. The van der Waals surface area contributed by atoms with E-state index in [1.54, 1.807) is 24.4 Å². The molecule has 2 heterocycles. The van der Waals surface area contributed by atoms with Gasteiger partial charge in [-0.1, -0.05) is 6.07 Å². The fourth-order valence-electron chi connectivity index (χ4n) is 3.88. The number of fused-ring (bicyclic) bond motifs is 1. The molecule has 2 aromatic heterocycles. The second-order valence-corrected chi connectivity index (χ2v) is 9.33. The van der Waals surface area contributed by atoms with Gasteiger partial charge in [0.2, 0.25) is 10.0 Å². The number of anilines is 1. The maximum atomic E-state index is 13.0. The van der Waals surface area contributed by atoms with Crippen LogP contribution in [0.3, 0.4) is 0 Å². The van der Waals surface area contributed by atoms with Gasteiger partial charge in [0, 0.05) is 17.6 Å². The molecule has 5 N–H and O–H groups in total. The third kappa shape index (κ3) is 4.30. The normalized spacial score (nSPS) is 19.4. The number of nitrogen functional groups attached to an aromatic ring is 1. The van der Waals surface area contributed by atoms with Crippen LogP contribution in [0.25, 0.3) is 16.9 Å². The van der Waals surface area contributed by atoms with Crippen molar-refractivity contribution in [2.24, 2.45) is 0 Å². The highest BCUT2D eigenvalue weighted by molar-refractivity contribution is 7.89. The second-order valence-electron chi connectivity index (χ2n) is 7.62. The summed E-state index contributed by atoms with van der Waals surface area (Å²) in [7, 11) is -3.77. The first-order valence-electron chi connectivity index (χ1n) is 9.81. The molecule has 0 saturated heterocycles. The third-order valence-electron chi connectivity index (χ3n) is 5.50. The number of aryl methyl sites for hydroxylation is 1. The average Bonchev–Trinajstić information content (AvgIpc) is 3.14. The van der Waals surface area contributed by atoms with Gasteiger partial charge in [-0.15, -0.1) is 0 Å². The van der Waals surface area contributed by atoms with Crippen LogP contribution in [0.4, 0.5) is 10.6 Å². The summed E-state index contributed by atoms with van der Waals surface area (Å²) in [5.74, 6) is 0.234. The number of sulfonamides is 1. The predicted molar refractivity (Wildman–Crippen MR) is 113 cm³/mol. The zero-order valence-corrected chi connectivity index (χ0v) is 17.6. The van der Waals surface area contributed by atoms with E-state index >= 15 is 0 Å². The van der Waals surface area contributed by atoms with E-state index < -0.39 is 16.1 Å². The van der Waals surface area contributed by atoms with Crippen molar-refractivity contribution in [1.82, 2.24) is 29.6 Å². The summed E-state index contributed by atoms with van der Waals surface area (Å²) < 4.78 is 30.3. The van der Waals surface area contributed by atoms with Crippen LogP contribution >= 0.6 is 0 Å². The Balaban J connectivity index is 1.57. The molecule has 0 bridgehead atoms. The lowest BCUT2D eigenvalue weighted by molar-refractivity contribution is 0.184. The molecule has 0 radical (unpaired) electrons. The van der Waals surface area contributed by atoms with Gasteiger partial charge in [-0.3, -0.25) is 0 Å². The maximum Gasteiger partial charge on any atom is 0.404 e. The second kappa shape index (κ2) is 8.12. The van der Waals surface area contributed by atoms with Crippen LogP contribution in [-0.4, -0.2) is 51.3 Å². The molecule has 0 unspecified atom stereocenters. The Kier molecular flexibility index (Phi) is 5.50. The molecule has 3 aromatic rings. The Morgan fingerprint density at radius 1 is 1.19 bits per heavy atom. The number of imidazole rings is 1. The van der Waals surface area contributed by atoms with Gasteiger partial charge < -0.3 is 16.2 Å². The first-order valence-corrected chi connectivity index (χ1v) is 11.3. The van der Waals surface area contributed by atoms with Crippen LogP contribution in [0.1, 0.15) is 31.2 Å². The number of carboxylic acid groups (broad SMARTS) is 1. The number of nitrogens with two attached hydrogens (primary N) is 1. The van der Waals surface area contributed by atoms with Gasteiger partial charge in [-0.2, -0.15) is 5.10 Å². The molecule has 1 saturated carbocycles. The number of carbonyl (C=O) groups is 1. The zero-order chi connectivity index (χ0) is 22.2. The molecule has 1 fully saturated rings. The fraction of sp³-hybridized carbons (Fsp3) is 0.368. The zero-order valence-electron chi connectivity index (χ0n) is 16.8. The van der Waals surface area contributed by atoms with Crippen molar-refractivity contribution in [2.75, 3.05) is 5.73 Å². The monoisotopic (exact) mass is 445 g/mol. The number of nitrogens with zero attached hydrogens (tertiary/aromatic N) is 4. The van der Waals surface area contributed by atoms with Gasteiger partial charge in [0.25, 0.3) is 0 Å². The predicted octanol–water partition coefficient (Wildman–Crippen LogP) is 1.54. The number of rotatable bonds is 5. The van der Waals surface area contributed by atoms with E-state index in [2.05, 4.69) is 25.1 Å². The summed E-state index contributed by atoms with van der Waals surface area (Å²) in [6, 6.07) is 4.50. The van der Waals surface area contributed by atoms with Crippen molar-refractivity contribution in [3.63, 3.8) is 0 Å². The van der Waals surface area contributed by atoms with Crippen molar-refractivity contribution < 1.29 is 18.3 Å². The Morgan fingerprint density at radius 2 is 1.90 bits per heavy atom. The highest BCUT2D eigenvalue weighted by Crippen LogP contribution is 2.28. The smallest absolute Gasteiger partial charge is 0.404 e. The van der Waals surface area contributed by atoms with Crippen molar-refractivity contribution in [3.8, 4) is 11.3 Å². The van der Waals surface area contributed by atoms with Crippen LogP contribution in [0, 0.1) is 6.92 Å². The van der Waals surface area contributed by atoms with E-state index in [9.17, 15) is 13.2 Å². The molecule has 0 aliphatic heterocycles. The van der Waals surface area contributed by atoms with Crippen LogP contribution < -0.4 is 15.8 Å². The van der Waals surface area contributed by atoms with Crippen molar-refractivity contribution >= 4 is 27.6 Å². The summed E-state index contributed by atoms with van der Waals surface area (Å²) in [6.45, 7) is 1.87. The molecule has 1 aliphatic rings. The average molecular weight is 446 g/mol. The molecule has 11 nitrogen and oxygen atoms in total. The summed E-state index contributed by atoms with van der Waals surface area (Å²) in [6.07, 6.45) is 4.14. The molecule has 1 amide bonds. The third-order valence-corrected chi connectivity index (χ3v) is 7.02. The van der Waals surface area contributed by atoms with E-state index in [4.69, 9.17) is 10.8 Å². The van der Waals surface area contributed by atoms with Gasteiger partial charge in [-0.25, -0.2) is 32.4 Å². The lowest BCUT2D eigenvalue weighted by atomic mass is 9.92. The minimum Gasteiger partial charge on any atom is -0.465 e. The number of hydrogen-bond donors (Lipinski definition) is 4. The summed E-state index contributed by atoms with van der Waals surface area (Å²) in [5.41, 5.74) is 8.38. The molecule has 31 heavy (non-hydrogen) atoms. The van der Waals surface area contributed by atoms with E-state index in [1.165, 1.54) is 10.8 Å². The lowest BCUT2D eigenvalue weighted by Crippen LogP contribution is -2.43. The lowest BCUT2D eigenvalue weighted by Gasteiger charge is -2.28. The molecule has 0 spiro atoms. The topological polar surface area (TPSA) is 165 Å². The molecule has 0 atom stereocenters. The van der Waals surface area contributed by atoms with E-state index in [0.717, 1.165) is 5.56 Å².